The van der Waals surface area contributed by atoms with Crippen LogP contribution in [0, 0.1) is 11.8 Å². The largest absolute Gasteiger partial charge is 0.487 e. The Morgan fingerprint density at radius 2 is 2.02 bits per heavy atom. The maximum absolute atomic E-state index is 13.2. The number of thiazole rings is 1. The highest BCUT2D eigenvalue weighted by atomic mass is 35.5. The Morgan fingerprint density at radius 1 is 1.11 bits per heavy atom. The quantitative estimate of drug-likeness (QED) is 0.320. The third-order valence-corrected chi connectivity index (χ3v) is 11.1. The number of benzene rings is 2. The fourth-order valence-corrected chi connectivity index (χ4v) is 8.08. The molecule has 1 saturated carbocycles. The molecule has 1 amide bonds. The van der Waals surface area contributed by atoms with Crippen LogP contribution < -0.4 is 14.4 Å². The average molecular weight is 656 g/mol. The molecular weight excluding hydrogens is 618 g/mol. The van der Waals surface area contributed by atoms with Gasteiger partial charge in [0.25, 0.3) is 5.91 Å². The van der Waals surface area contributed by atoms with Gasteiger partial charge in [0.05, 0.1) is 24.2 Å². The minimum atomic E-state index is -3.80. The fourth-order valence-electron chi connectivity index (χ4n) is 6.30. The van der Waals surface area contributed by atoms with Crippen LogP contribution in [0.5, 0.6) is 5.75 Å². The summed E-state index contributed by atoms with van der Waals surface area (Å²) >= 11 is 7.91. The summed E-state index contributed by atoms with van der Waals surface area (Å²) < 4.78 is 40.8. The van der Waals surface area contributed by atoms with Crippen LogP contribution in [0.1, 0.15) is 65.0 Å². The first-order valence-corrected chi connectivity index (χ1v) is 18.3. The maximum atomic E-state index is 13.2. The minimum Gasteiger partial charge on any atom is -0.487 e. The molecule has 234 valence electrons. The molecule has 11 heteroatoms. The summed E-state index contributed by atoms with van der Waals surface area (Å²) in [4.78, 5) is 19.9. The minimum absolute atomic E-state index is 0.0906. The maximum Gasteiger partial charge on any atom is 0.264 e. The zero-order valence-electron chi connectivity index (χ0n) is 24.6. The Labute approximate surface area is 268 Å². The molecule has 0 radical (unpaired) electrons. The van der Waals surface area contributed by atoms with Gasteiger partial charge < -0.3 is 14.4 Å². The number of nitrogens with one attached hydrogen (secondary N) is 1. The van der Waals surface area contributed by atoms with E-state index in [2.05, 4.69) is 20.7 Å². The lowest BCUT2D eigenvalue weighted by Gasteiger charge is -2.44. The Hall–Kier alpha value is -2.92. The van der Waals surface area contributed by atoms with Gasteiger partial charge in [0, 0.05) is 35.3 Å². The van der Waals surface area contributed by atoms with Gasteiger partial charge in [-0.2, -0.15) is 0 Å². The van der Waals surface area contributed by atoms with Crippen molar-refractivity contribution < 1.29 is 22.7 Å². The fraction of sp³-hybridized carbons (Fsp3) is 0.455. The number of allylic oxidation sites excluding steroid dienone is 1. The van der Waals surface area contributed by atoms with Crippen molar-refractivity contribution in [3.05, 3.63) is 86.8 Å². The first kappa shape index (κ1) is 31.1. The van der Waals surface area contributed by atoms with Gasteiger partial charge in [0.2, 0.25) is 10.0 Å². The van der Waals surface area contributed by atoms with Crippen molar-refractivity contribution >= 4 is 44.6 Å². The van der Waals surface area contributed by atoms with Crippen molar-refractivity contribution in [1.82, 2.24) is 9.71 Å². The molecule has 8 nitrogen and oxygen atoms in total. The first-order chi connectivity index (χ1) is 21.3. The van der Waals surface area contributed by atoms with Gasteiger partial charge in [-0.15, -0.1) is 11.3 Å². The van der Waals surface area contributed by atoms with Crippen LogP contribution in [0.15, 0.2) is 60.1 Å². The molecule has 2 unspecified atom stereocenters. The van der Waals surface area contributed by atoms with Crippen molar-refractivity contribution in [2.45, 2.75) is 64.3 Å². The van der Waals surface area contributed by atoms with Crippen molar-refractivity contribution in [2.75, 3.05) is 23.7 Å². The van der Waals surface area contributed by atoms with Gasteiger partial charge in [0.1, 0.15) is 17.4 Å². The number of ether oxygens (including phenoxy) is 2. The molecule has 2 bridgehead atoms. The summed E-state index contributed by atoms with van der Waals surface area (Å²) in [6.07, 6.45) is 11.8. The molecule has 0 spiro atoms. The predicted octanol–water partition coefficient (Wildman–Crippen LogP) is 6.54. The summed E-state index contributed by atoms with van der Waals surface area (Å²) in [5, 5.41) is 3.61. The second kappa shape index (κ2) is 14.0. The van der Waals surface area contributed by atoms with E-state index in [0.29, 0.717) is 54.2 Å². The van der Waals surface area contributed by atoms with E-state index in [1.807, 2.05) is 29.7 Å². The summed E-state index contributed by atoms with van der Waals surface area (Å²) in [5.74, 6) is 0.620. The van der Waals surface area contributed by atoms with Gasteiger partial charge in [-0.05, 0) is 98.2 Å². The van der Waals surface area contributed by atoms with Crippen molar-refractivity contribution in [2.24, 2.45) is 11.8 Å². The molecule has 1 N–H and O–H groups in total. The number of hydrogen-bond acceptors (Lipinski definition) is 8. The summed E-state index contributed by atoms with van der Waals surface area (Å²) in [6.45, 7) is 2.38. The summed E-state index contributed by atoms with van der Waals surface area (Å²) in [7, 11) is -3.80. The van der Waals surface area contributed by atoms with Crippen LogP contribution in [0.4, 0.5) is 5.69 Å². The number of halogens is 1. The molecule has 6 rings (SSSR count). The SMILES string of the molecule is O=C1NS(=O)(=O)CCC/C=C/[C@@H](OCc2nccs2)C2CCC2CN2CCCCc3cc(Cl)ccc3COc3ccc1cc32. The van der Waals surface area contributed by atoms with Crippen LogP contribution in [0.25, 0.3) is 0 Å². The Bertz CT molecular complexity index is 1590. The third-order valence-electron chi connectivity index (χ3n) is 8.83. The lowest BCUT2D eigenvalue weighted by atomic mass is 9.70. The normalized spacial score (nSPS) is 24.8. The highest BCUT2D eigenvalue weighted by molar-refractivity contribution is 7.90. The molecule has 44 heavy (non-hydrogen) atoms. The lowest BCUT2D eigenvalue weighted by Crippen LogP contribution is -2.44. The van der Waals surface area contributed by atoms with Crippen LogP contribution in [0.2, 0.25) is 5.02 Å². The summed E-state index contributed by atoms with van der Waals surface area (Å²) in [6, 6.07) is 11.2. The molecule has 1 aromatic heterocycles. The van der Waals surface area contributed by atoms with Crippen LogP contribution in [-0.2, 0) is 34.4 Å². The molecule has 3 atom stereocenters. The van der Waals surface area contributed by atoms with Gasteiger partial charge >= 0.3 is 0 Å². The van der Waals surface area contributed by atoms with Gasteiger partial charge in [-0.3, -0.25) is 4.79 Å². The first-order valence-electron chi connectivity index (χ1n) is 15.4. The number of nitrogens with zero attached hydrogens (tertiary/aromatic N) is 2. The van der Waals surface area contributed by atoms with E-state index in [1.165, 1.54) is 5.56 Å². The number of carbonyl (C=O) groups excluding carboxylic acids is 1. The molecule has 2 aromatic carbocycles. The van der Waals surface area contributed by atoms with Crippen LogP contribution in [-0.4, -0.2) is 44.3 Å². The molecule has 1 fully saturated rings. The molecule has 0 saturated heterocycles. The molecular formula is C33H38ClN3O5S2. The van der Waals surface area contributed by atoms with E-state index in [0.717, 1.165) is 61.5 Å². The van der Waals surface area contributed by atoms with Crippen LogP contribution in [0.3, 0.4) is 0 Å². The number of fused-ring (bicyclic) bond motifs is 3. The molecule has 3 aliphatic rings. The van der Waals surface area contributed by atoms with E-state index < -0.39 is 15.9 Å². The summed E-state index contributed by atoms with van der Waals surface area (Å²) in [5.41, 5.74) is 3.37. The van der Waals surface area contributed by atoms with E-state index in [4.69, 9.17) is 21.1 Å². The Morgan fingerprint density at radius 3 is 2.84 bits per heavy atom. The topological polar surface area (TPSA) is 97.8 Å². The predicted molar refractivity (Wildman–Crippen MR) is 174 cm³/mol. The third kappa shape index (κ3) is 7.65. The number of amides is 1. The van der Waals surface area contributed by atoms with Crippen molar-refractivity contribution in [1.29, 1.82) is 0 Å². The van der Waals surface area contributed by atoms with Gasteiger partial charge in [0.15, 0.2) is 0 Å². The highest BCUT2D eigenvalue weighted by Gasteiger charge is 2.38. The van der Waals surface area contributed by atoms with E-state index in [1.54, 1.807) is 35.7 Å². The molecule has 3 aromatic rings. The number of anilines is 1. The average Bonchev–Trinajstić information content (AvgIpc) is 3.50. The number of hydrogen-bond donors (Lipinski definition) is 1. The number of aromatic nitrogens is 1. The van der Waals surface area contributed by atoms with Gasteiger partial charge in [-0.1, -0.05) is 29.8 Å². The highest BCUT2D eigenvalue weighted by Crippen LogP contribution is 2.42. The molecule has 2 aliphatic heterocycles. The van der Waals surface area contributed by atoms with Crippen molar-refractivity contribution in [3.63, 3.8) is 0 Å². The van der Waals surface area contributed by atoms with Crippen molar-refractivity contribution in [3.8, 4) is 5.75 Å². The van der Waals surface area contributed by atoms with E-state index in [9.17, 15) is 13.2 Å². The zero-order valence-corrected chi connectivity index (χ0v) is 27.0. The number of carbonyl (C=O) groups is 1. The lowest BCUT2D eigenvalue weighted by molar-refractivity contribution is -0.0225. The number of rotatable bonds is 3. The van der Waals surface area contributed by atoms with Crippen LogP contribution >= 0.6 is 22.9 Å². The number of sulfonamides is 1. The number of aryl methyl sites for hydroxylation is 1. The molecule has 1 aliphatic carbocycles. The van der Waals surface area contributed by atoms with E-state index >= 15 is 0 Å². The second-order valence-electron chi connectivity index (χ2n) is 11.8. The standard InChI is InChI=1S/C33H38ClN3O5S2/c34-27-11-8-26-21-41-31-13-10-24-19-29(31)37(15-4-3-6-23(26)18-27)20-25-9-12-28(25)30(42-22-32-35-14-16-43-32)7-2-1-5-17-44(39,40)36-33(24)38/h2,7-8,10-11,13-14,16,18-19,25,28,30H,1,3-6,9,12,15,17,20-22H2,(H,36,38)/b7-2+/t25?,28?,30-/m1/s1. The Balaban J connectivity index is 1.33. The van der Waals surface area contributed by atoms with E-state index in [-0.39, 0.29) is 11.9 Å². The second-order valence-corrected chi connectivity index (χ2v) is 15.1. The smallest absolute Gasteiger partial charge is 0.264 e. The Kier molecular flexibility index (Phi) is 9.90. The zero-order chi connectivity index (χ0) is 30.5. The molecule has 3 heterocycles. The monoisotopic (exact) mass is 655 g/mol. The van der Waals surface area contributed by atoms with Gasteiger partial charge in [-0.25, -0.2) is 18.1 Å².